The average Bonchev–Trinajstić information content (AvgIpc) is 3.14. The number of carbonyl (C=O) groups excluding carboxylic acids is 1. The van der Waals surface area contributed by atoms with E-state index >= 15 is 0 Å². The molecule has 1 aliphatic heterocycles. The van der Waals surface area contributed by atoms with Crippen molar-refractivity contribution in [2.45, 2.75) is 18.9 Å². The van der Waals surface area contributed by atoms with Crippen molar-refractivity contribution < 1.29 is 9.53 Å². The van der Waals surface area contributed by atoms with Crippen molar-refractivity contribution in [1.82, 2.24) is 5.32 Å². The summed E-state index contributed by atoms with van der Waals surface area (Å²) in [4.78, 5) is 12.1. The van der Waals surface area contributed by atoms with Crippen molar-refractivity contribution >= 4 is 22.4 Å². The molecule has 0 saturated carbocycles. The molecule has 0 aromatic heterocycles. The molecule has 5 nitrogen and oxygen atoms in total. The number of hydrogen-bond acceptors (Lipinski definition) is 4. The maximum Gasteiger partial charge on any atom is 0.263 e. The number of nitrogens with one attached hydrogen (secondary N) is 2. The fraction of sp³-hybridized carbons (Fsp3) is 0.263. The van der Waals surface area contributed by atoms with Crippen LogP contribution in [0.25, 0.3) is 10.8 Å². The number of amides is 1. The van der Waals surface area contributed by atoms with E-state index in [4.69, 9.17) is 4.74 Å². The lowest BCUT2D eigenvalue weighted by Crippen LogP contribution is -2.32. The highest BCUT2D eigenvalue weighted by Gasteiger charge is 2.17. The first-order valence-corrected chi connectivity index (χ1v) is 8.02. The van der Waals surface area contributed by atoms with Crippen LogP contribution in [0.15, 0.2) is 54.2 Å². The maximum atomic E-state index is 12.1. The first-order valence-electron chi connectivity index (χ1n) is 8.02. The highest BCUT2D eigenvalue weighted by molar-refractivity contribution is 5.98. The molecule has 1 saturated heterocycles. The standard InChI is InChI=1S/C19H19N3O2/c20-11-15(19(23)22-13-16-7-4-10-24-16)12-21-18-9-3-6-14-5-1-2-8-17(14)18/h1-3,5-6,8-9,12,16,21H,4,7,10,13H2,(H,22,23)/b15-12-. The number of carbonyl (C=O) groups is 1. The Kier molecular flexibility index (Phi) is 5.09. The Bertz CT molecular complexity index is 796. The summed E-state index contributed by atoms with van der Waals surface area (Å²) in [5, 5.41) is 17.2. The van der Waals surface area contributed by atoms with E-state index in [1.165, 1.54) is 6.20 Å². The summed E-state index contributed by atoms with van der Waals surface area (Å²) in [6, 6.07) is 15.7. The van der Waals surface area contributed by atoms with Gasteiger partial charge < -0.3 is 15.4 Å². The maximum absolute atomic E-state index is 12.1. The van der Waals surface area contributed by atoms with Crippen LogP contribution in [0, 0.1) is 11.3 Å². The van der Waals surface area contributed by atoms with Crippen LogP contribution in [0.3, 0.4) is 0 Å². The van der Waals surface area contributed by atoms with Gasteiger partial charge in [-0.05, 0) is 24.3 Å². The molecule has 122 valence electrons. The van der Waals surface area contributed by atoms with Crippen LogP contribution in [0.5, 0.6) is 0 Å². The Morgan fingerprint density at radius 3 is 2.92 bits per heavy atom. The van der Waals surface area contributed by atoms with Gasteiger partial charge in [-0.2, -0.15) is 5.26 Å². The Labute approximate surface area is 140 Å². The first kappa shape index (κ1) is 16.0. The van der Waals surface area contributed by atoms with Gasteiger partial charge in [0.1, 0.15) is 11.6 Å². The molecule has 1 fully saturated rings. The molecule has 0 spiro atoms. The highest BCUT2D eigenvalue weighted by atomic mass is 16.5. The third-order valence-electron chi connectivity index (χ3n) is 4.04. The lowest BCUT2D eigenvalue weighted by atomic mass is 10.1. The second-order valence-electron chi connectivity index (χ2n) is 5.69. The van der Waals surface area contributed by atoms with Crippen LogP contribution in [0.1, 0.15) is 12.8 Å². The van der Waals surface area contributed by atoms with Crippen molar-refractivity contribution in [1.29, 1.82) is 5.26 Å². The SMILES string of the molecule is N#C/C(=C/Nc1cccc2ccccc12)C(=O)NCC1CCCO1. The van der Waals surface area contributed by atoms with Gasteiger partial charge in [-0.3, -0.25) is 4.79 Å². The number of nitrogens with zero attached hydrogens (tertiary/aromatic N) is 1. The van der Waals surface area contributed by atoms with E-state index in [9.17, 15) is 10.1 Å². The molecule has 0 bridgehead atoms. The van der Waals surface area contributed by atoms with Crippen LogP contribution in [0.2, 0.25) is 0 Å². The topological polar surface area (TPSA) is 74.2 Å². The zero-order valence-corrected chi connectivity index (χ0v) is 13.3. The van der Waals surface area contributed by atoms with Gasteiger partial charge in [-0.25, -0.2) is 0 Å². The van der Waals surface area contributed by atoms with E-state index in [1.807, 2.05) is 48.5 Å². The molecule has 1 amide bonds. The number of rotatable bonds is 5. The van der Waals surface area contributed by atoms with Crippen LogP contribution in [-0.4, -0.2) is 25.2 Å². The summed E-state index contributed by atoms with van der Waals surface area (Å²) >= 11 is 0. The summed E-state index contributed by atoms with van der Waals surface area (Å²) < 4.78 is 5.46. The second-order valence-corrected chi connectivity index (χ2v) is 5.69. The number of fused-ring (bicyclic) bond motifs is 1. The minimum absolute atomic E-state index is 0.0425. The Hall–Kier alpha value is -2.84. The average molecular weight is 321 g/mol. The van der Waals surface area contributed by atoms with Crippen molar-refractivity contribution in [2.75, 3.05) is 18.5 Å². The third-order valence-corrected chi connectivity index (χ3v) is 4.04. The van der Waals surface area contributed by atoms with Gasteiger partial charge in [-0.1, -0.05) is 36.4 Å². The molecule has 1 atom stereocenters. The van der Waals surface area contributed by atoms with Crippen molar-refractivity contribution in [3.05, 3.63) is 54.2 Å². The fourth-order valence-electron chi connectivity index (χ4n) is 2.76. The Balaban J connectivity index is 1.68. The smallest absolute Gasteiger partial charge is 0.263 e. The second kappa shape index (κ2) is 7.62. The van der Waals surface area contributed by atoms with E-state index in [0.717, 1.165) is 35.9 Å². The van der Waals surface area contributed by atoms with Crippen LogP contribution < -0.4 is 10.6 Å². The molecule has 1 unspecified atom stereocenters. The molecule has 2 N–H and O–H groups in total. The number of benzene rings is 2. The first-order chi connectivity index (χ1) is 11.8. The number of nitriles is 1. The van der Waals surface area contributed by atoms with E-state index in [0.29, 0.717) is 6.54 Å². The predicted octanol–water partition coefficient (Wildman–Crippen LogP) is 2.95. The molecule has 1 heterocycles. The van der Waals surface area contributed by atoms with Crippen molar-refractivity contribution in [3.63, 3.8) is 0 Å². The third kappa shape index (κ3) is 3.73. The molecule has 2 aromatic rings. The van der Waals surface area contributed by atoms with Crippen molar-refractivity contribution in [2.24, 2.45) is 0 Å². The van der Waals surface area contributed by atoms with Gasteiger partial charge in [0.15, 0.2) is 0 Å². The number of hydrogen-bond donors (Lipinski definition) is 2. The lowest BCUT2D eigenvalue weighted by Gasteiger charge is -2.10. The number of anilines is 1. The minimum Gasteiger partial charge on any atom is -0.376 e. The lowest BCUT2D eigenvalue weighted by molar-refractivity contribution is -0.117. The molecule has 0 aliphatic carbocycles. The molecule has 24 heavy (non-hydrogen) atoms. The van der Waals surface area contributed by atoms with E-state index in [-0.39, 0.29) is 17.6 Å². The highest BCUT2D eigenvalue weighted by Crippen LogP contribution is 2.23. The fourth-order valence-corrected chi connectivity index (χ4v) is 2.76. The Morgan fingerprint density at radius 1 is 1.29 bits per heavy atom. The Morgan fingerprint density at radius 2 is 2.12 bits per heavy atom. The molecule has 0 radical (unpaired) electrons. The zero-order chi connectivity index (χ0) is 16.8. The zero-order valence-electron chi connectivity index (χ0n) is 13.3. The van der Waals surface area contributed by atoms with Crippen LogP contribution >= 0.6 is 0 Å². The van der Waals surface area contributed by atoms with E-state index in [2.05, 4.69) is 10.6 Å². The molecule has 1 aliphatic rings. The predicted molar refractivity (Wildman–Crippen MR) is 93.3 cm³/mol. The molecule has 3 rings (SSSR count). The summed E-state index contributed by atoms with van der Waals surface area (Å²) in [6.45, 7) is 1.18. The van der Waals surface area contributed by atoms with Gasteiger partial charge in [0.2, 0.25) is 0 Å². The van der Waals surface area contributed by atoms with Gasteiger partial charge in [-0.15, -0.1) is 0 Å². The van der Waals surface area contributed by atoms with Gasteiger partial charge >= 0.3 is 0 Å². The summed E-state index contributed by atoms with van der Waals surface area (Å²) in [5.41, 5.74) is 0.897. The normalized spacial score (nSPS) is 17.5. The van der Waals surface area contributed by atoms with E-state index < -0.39 is 0 Å². The van der Waals surface area contributed by atoms with Gasteiger partial charge in [0, 0.05) is 30.4 Å². The molecule has 2 aromatic carbocycles. The summed E-state index contributed by atoms with van der Waals surface area (Å²) in [7, 11) is 0. The molecule has 5 heteroatoms. The van der Waals surface area contributed by atoms with Gasteiger partial charge in [0.05, 0.1) is 6.10 Å². The van der Waals surface area contributed by atoms with Crippen LogP contribution in [0.4, 0.5) is 5.69 Å². The monoisotopic (exact) mass is 321 g/mol. The van der Waals surface area contributed by atoms with Gasteiger partial charge in [0.25, 0.3) is 5.91 Å². The largest absolute Gasteiger partial charge is 0.376 e. The minimum atomic E-state index is -0.388. The molecular weight excluding hydrogens is 302 g/mol. The summed E-state index contributed by atoms with van der Waals surface area (Å²) in [6.07, 6.45) is 3.47. The number of ether oxygens (including phenoxy) is 1. The van der Waals surface area contributed by atoms with Crippen LogP contribution in [-0.2, 0) is 9.53 Å². The summed E-state index contributed by atoms with van der Waals surface area (Å²) in [5.74, 6) is -0.388. The quantitative estimate of drug-likeness (QED) is 0.656. The molecular formula is C19H19N3O2. The van der Waals surface area contributed by atoms with E-state index in [1.54, 1.807) is 0 Å². The van der Waals surface area contributed by atoms with Crippen molar-refractivity contribution in [3.8, 4) is 6.07 Å².